The van der Waals surface area contributed by atoms with Crippen molar-refractivity contribution in [2.75, 3.05) is 19.8 Å². The van der Waals surface area contributed by atoms with E-state index in [1.807, 2.05) is 20.8 Å². The van der Waals surface area contributed by atoms with Gasteiger partial charge in [-0.05, 0) is 124 Å². The second-order valence-electron chi connectivity index (χ2n) is 23.9. The number of rotatable bonds is 16. The van der Waals surface area contributed by atoms with Crippen LogP contribution in [-0.4, -0.2) is 203 Å². The molecule has 21 nitrogen and oxygen atoms in total. The highest BCUT2D eigenvalue weighted by Gasteiger charge is 2.72. The molecule has 21 heteroatoms. The summed E-state index contributed by atoms with van der Waals surface area (Å²) in [6, 6.07) is 0. The van der Waals surface area contributed by atoms with E-state index in [0.717, 1.165) is 24.8 Å². The Hall–Kier alpha value is -2.00. The van der Waals surface area contributed by atoms with Crippen LogP contribution in [0.1, 0.15) is 120 Å². The Bertz CT molecular complexity index is 1920. The zero-order valence-electron chi connectivity index (χ0n) is 42.9. The smallest absolute Gasteiger partial charge is 0.317 e. The van der Waals surface area contributed by atoms with Gasteiger partial charge in [-0.15, -0.1) is 0 Å². The highest BCUT2D eigenvalue weighted by molar-refractivity contribution is 5.90. The van der Waals surface area contributed by atoms with Gasteiger partial charge < -0.3 is 94.4 Å². The molecule has 3 heterocycles. The molecule has 7 rings (SSSR count). The Balaban J connectivity index is 1.13. The lowest BCUT2D eigenvalue weighted by molar-refractivity contribution is -0.379. The molecule has 25 atom stereocenters. The number of allylic oxidation sites excluding steroid dienone is 2. The zero-order chi connectivity index (χ0) is 53.2. The average molecular weight is 1030 g/mol. The van der Waals surface area contributed by atoms with E-state index < -0.39 is 154 Å². The van der Waals surface area contributed by atoms with Gasteiger partial charge in [0.2, 0.25) is 0 Å². The van der Waals surface area contributed by atoms with Crippen LogP contribution in [0.2, 0.25) is 0 Å². The molecule has 0 aromatic rings. The highest BCUT2D eigenvalue weighted by atomic mass is 16.8. The van der Waals surface area contributed by atoms with Crippen molar-refractivity contribution in [3.05, 3.63) is 11.6 Å². The van der Waals surface area contributed by atoms with E-state index in [1.165, 1.54) is 0 Å². The number of hydrogen-bond donors (Lipinski definition) is 12. The fourth-order valence-electron chi connectivity index (χ4n) is 15.3. The van der Waals surface area contributed by atoms with E-state index in [0.29, 0.717) is 38.5 Å². The van der Waals surface area contributed by atoms with Gasteiger partial charge in [0.1, 0.15) is 73.6 Å². The number of carboxylic acids is 1. The van der Waals surface area contributed by atoms with E-state index in [4.69, 9.17) is 33.2 Å². The van der Waals surface area contributed by atoms with Crippen molar-refractivity contribution in [3.8, 4) is 0 Å². The average Bonchev–Trinajstić information content (AvgIpc) is 3.70. The number of ether oxygens (including phenoxy) is 7. The van der Waals surface area contributed by atoms with Crippen LogP contribution in [-0.2, 0) is 42.7 Å². The van der Waals surface area contributed by atoms with Crippen molar-refractivity contribution in [2.45, 2.75) is 230 Å². The van der Waals surface area contributed by atoms with E-state index in [9.17, 15) is 70.9 Å². The van der Waals surface area contributed by atoms with Crippen LogP contribution in [0, 0.1) is 45.3 Å². The third-order valence-electron chi connectivity index (χ3n) is 19.3. The standard InChI is InChI=1S/C51H84O21/c1-23(2)10-9-14-51(8,72-44-41(65)38(62)35(59)26(20-52)66-44)24-11-16-50(7)34(24)25(55)18-30-48(5)15-13-31(47(3,4)29(48)12-17-49(30,50)6)69-45-43(40(64)37(61)27(21-53)67-45)71-46-42(70-33(58)19-32(56)57)39(63)36(60)28(22-54)68-46/h10,24-31,34-46,52-55,59-65H,9,11-22H2,1-8H3,(H,56,57)/t24-,25+,26+,27+,28+,29-,30+,31-,34-,35+,36+,37+,38-,39-,40-,41+,42+,43+,44-,45-,46-,48-,49+,50+,51-/m0/s1. The summed E-state index contributed by atoms with van der Waals surface area (Å²) in [5, 5.41) is 129. The lowest BCUT2D eigenvalue weighted by atomic mass is 9.35. The molecule has 0 unspecified atom stereocenters. The SMILES string of the molecule is CC(C)=CCC[C@](C)(O[C@@H]1O[C@H](CO)[C@@H](O)[C@H](O)[C@H]1O)[C@H]1CC[C@]2(C)[C@@H]1[C@H](O)C[C@@H]1[C@@]3(C)CC[C@H](O[C@@H]4O[C@H](CO)[C@@H](O)[C@H](O)[C@H]4O[C@@H]4O[C@H](CO)[C@@H](O)[C@H](O)[C@H]4OC(=O)CC(=O)O)C(C)(C)[C@@H]3CC[C@]12C. The Morgan fingerprint density at radius 1 is 0.653 bits per heavy atom. The first-order chi connectivity index (χ1) is 33.6. The van der Waals surface area contributed by atoms with E-state index >= 15 is 0 Å². The van der Waals surface area contributed by atoms with Crippen LogP contribution in [0.5, 0.6) is 0 Å². The maximum absolute atomic E-state index is 12.7. The molecule has 12 N–H and O–H groups in total. The van der Waals surface area contributed by atoms with Gasteiger partial charge in [0, 0.05) is 0 Å². The van der Waals surface area contributed by atoms with Gasteiger partial charge in [0.05, 0.1) is 37.6 Å². The number of carboxylic acid groups (broad SMARTS) is 1. The van der Waals surface area contributed by atoms with Crippen molar-refractivity contribution in [1.82, 2.24) is 0 Å². The second kappa shape index (κ2) is 21.8. The quantitative estimate of drug-likeness (QED) is 0.0419. The first-order valence-corrected chi connectivity index (χ1v) is 25.9. The van der Waals surface area contributed by atoms with E-state index in [1.54, 1.807) is 0 Å². The van der Waals surface area contributed by atoms with E-state index in [-0.39, 0.29) is 39.9 Å². The number of aliphatic carboxylic acids is 1. The molecule has 4 aliphatic carbocycles. The predicted molar refractivity (Wildman–Crippen MR) is 250 cm³/mol. The summed E-state index contributed by atoms with van der Waals surface area (Å²) >= 11 is 0. The number of carbonyl (C=O) groups excluding carboxylic acids is 1. The number of fused-ring (bicyclic) bond motifs is 5. The molecule has 0 aromatic heterocycles. The molecular formula is C51H84O21. The van der Waals surface area contributed by atoms with Crippen LogP contribution in [0.25, 0.3) is 0 Å². The molecule has 3 saturated heterocycles. The van der Waals surface area contributed by atoms with Crippen LogP contribution < -0.4 is 0 Å². The first kappa shape index (κ1) is 57.7. The number of esters is 1. The molecule has 0 spiro atoms. The lowest BCUT2D eigenvalue weighted by Gasteiger charge is -2.71. The summed E-state index contributed by atoms with van der Waals surface area (Å²) in [7, 11) is 0. The molecule has 7 fully saturated rings. The molecule has 0 radical (unpaired) electrons. The third-order valence-corrected chi connectivity index (χ3v) is 19.3. The number of hydrogen-bond acceptors (Lipinski definition) is 20. The summed E-state index contributed by atoms with van der Waals surface area (Å²) < 4.78 is 42.7. The summed E-state index contributed by atoms with van der Waals surface area (Å²) in [6.45, 7) is 15.1. The summed E-state index contributed by atoms with van der Waals surface area (Å²) in [4.78, 5) is 23.8. The van der Waals surface area contributed by atoms with Crippen molar-refractivity contribution in [3.63, 3.8) is 0 Å². The van der Waals surface area contributed by atoms with Gasteiger partial charge in [-0.2, -0.15) is 0 Å². The topological polar surface area (TPSA) is 342 Å². The number of aliphatic hydroxyl groups is 11. The summed E-state index contributed by atoms with van der Waals surface area (Å²) in [6.07, 6.45) is -18.7. The minimum Gasteiger partial charge on any atom is -0.481 e. The van der Waals surface area contributed by atoms with E-state index in [2.05, 4.69) is 40.7 Å². The van der Waals surface area contributed by atoms with Crippen LogP contribution >= 0.6 is 0 Å². The van der Waals surface area contributed by atoms with Crippen molar-refractivity contribution in [2.24, 2.45) is 45.3 Å². The van der Waals surface area contributed by atoms with Gasteiger partial charge in [-0.1, -0.05) is 46.3 Å². The molecule has 0 aromatic carbocycles. The Morgan fingerprint density at radius 2 is 1.19 bits per heavy atom. The Labute approximate surface area is 421 Å². The second-order valence-corrected chi connectivity index (χ2v) is 23.9. The molecule has 72 heavy (non-hydrogen) atoms. The number of aliphatic hydroxyl groups excluding tert-OH is 11. The fourth-order valence-corrected chi connectivity index (χ4v) is 15.3. The fraction of sp³-hybridized carbons (Fsp3) is 0.922. The maximum Gasteiger partial charge on any atom is 0.317 e. The zero-order valence-corrected chi connectivity index (χ0v) is 42.9. The number of carbonyl (C=O) groups is 2. The van der Waals surface area contributed by atoms with Crippen molar-refractivity contribution in [1.29, 1.82) is 0 Å². The minimum absolute atomic E-state index is 0.0176. The third kappa shape index (κ3) is 10.2. The molecule has 3 aliphatic heterocycles. The Kier molecular flexibility index (Phi) is 17.5. The van der Waals surface area contributed by atoms with Gasteiger partial charge in [-0.25, -0.2) is 0 Å². The summed E-state index contributed by atoms with van der Waals surface area (Å²) in [5.74, 6) is -3.20. The molecule has 4 saturated carbocycles. The highest BCUT2D eigenvalue weighted by Crippen LogP contribution is 2.76. The van der Waals surface area contributed by atoms with Crippen LogP contribution in [0.4, 0.5) is 0 Å². The van der Waals surface area contributed by atoms with Gasteiger partial charge >= 0.3 is 11.9 Å². The van der Waals surface area contributed by atoms with Crippen LogP contribution in [0.15, 0.2) is 11.6 Å². The van der Waals surface area contributed by atoms with Crippen LogP contribution in [0.3, 0.4) is 0 Å². The molecule has 414 valence electrons. The molecule has 7 aliphatic rings. The largest absolute Gasteiger partial charge is 0.481 e. The predicted octanol–water partition coefficient (Wildman–Crippen LogP) is -0.00120. The van der Waals surface area contributed by atoms with Crippen molar-refractivity contribution < 1.29 is 104 Å². The minimum atomic E-state index is -1.95. The first-order valence-electron chi connectivity index (χ1n) is 25.9. The monoisotopic (exact) mass is 1030 g/mol. The lowest BCUT2D eigenvalue weighted by Crippen LogP contribution is -2.68. The molecule has 0 amide bonds. The van der Waals surface area contributed by atoms with Gasteiger partial charge in [0.25, 0.3) is 0 Å². The normalized spacial score (nSPS) is 48.8. The molecule has 0 bridgehead atoms. The maximum atomic E-state index is 12.7. The van der Waals surface area contributed by atoms with Crippen molar-refractivity contribution >= 4 is 11.9 Å². The molecular weight excluding hydrogens is 949 g/mol. The summed E-state index contributed by atoms with van der Waals surface area (Å²) in [5.41, 5.74) is -1.43. The van der Waals surface area contributed by atoms with Gasteiger partial charge in [-0.3, -0.25) is 9.59 Å². The van der Waals surface area contributed by atoms with Gasteiger partial charge in [0.15, 0.2) is 25.0 Å². The Morgan fingerprint density at radius 3 is 1.76 bits per heavy atom.